The zero-order valence-electron chi connectivity index (χ0n) is 11.4. The number of halogens is 3. The molecule has 0 heterocycles. The Hall–Kier alpha value is -1.03. The number of hydrogen-bond donors (Lipinski definition) is 1. The lowest BCUT2D eigenvalue weighted by atomic mass is 9.84. The van der Waals surface area contributed by atoms with Crippen LogP contribution in [0.5, 0.6) is 0 Å². The minimum absolute atomic E-state index is 0.227. The van der Waals surface area contributed by atoms with Gasteiger partial charge in [-0.1, -0.05) is 43.2 Å². The summed E-state index contributed by atoms with van der Waals surface area (Å²) >= 11 is 0. The van der Waals surface area contributed by atoms with E-state index in [4.69, 9.17) is 0 Å². The molecular weight excluding hydrogens is 263 g/mol. The predicted molar refractivity (Wildman–Crippen MR) is 72.5 cm³/mol. The van der Waals surface area contributed by atoms with Crippen molar-refractivity contribution in [2.45, 2.75) is 56.3 Å². The van der Waals surface area contributed by atoms with E-state index >= 15 is 0 Å². The first kappa shape index (κ1) is 13.9. The molecule has 2 fully saturated rings. The first-order chi connectivity index (χ1) is 9.55. The highest BCUT2D eigenvalue weighted by molar-refractivity contribution is 5.27. The molecule has 0 radical (unpaired) electrons. The van der Waals surface area contributed by atoms with E-state index in [-0.39, 0.29) is 18.5 Å². The van der Waals surface area contributed by atoms with Crippen LogP contribution in [0.3, 0.4) is 0 Å². The van der Waals surface area contributed by atoms with E-state index in [0.717, 1.165) is 12.8 Å². The van der Waals surface area contributed by atoms with Crippen LogP contribution in [0.2, 0.25) is 0 Å². The summed E-state index contributed by atoms with van der Waals surface area (Å²) < 4.78 is 39.1. The van der Waals surface area contributed by atoms with Gasteiger partial charge in [0.15, 0.2) is 0 Å². The van der Waals surface area contributed by atoms with Gasteiger partial charge in [0.2, 0.25) is 0 Å². The molecule has 1 aromatic rings. The molecule has 0 saturated heterocycles. The van der Waals surface area contributed by atoms with Crippen molar-refractivity contribution in [1.82, 2.24) is 5.32 Å². The molecule has 20 heavy (non-hydrogen) atoms. The van der Waals surface area contributed by atoms with Crippen LogP contribution in [0.1, 0.15) is 43.6 Å². The molecule has 1 N–H and O–H groups in total. The van der Waals surface area contributed by atoms with Gasteiger partial charge in [0.05, 0.1) is 5.92 Å². The van der Waals surface area contributed by atoms with E-state index in [1.54, 1.807) is 0 Å². The molecule has 1 nitrogen and oxygen atoms in total. The molecule has 2 aliphatic rings. The van der Waals surface area contributed by atoms with Crippen molar-refractivity contribution < 1.29 is 13.2 Å². The molecular formula is C16H20F3N. The Morgan fingerprint density at radius 2 is 1.65 bits per heavy atom. The fourth-order valence-electron chi connectivity index (χ4n) is 3.44. The van der Waals surface area contributed by atoms with E-state index in [1.165, 1.54) is 5.56 Å². The fourth-order valence-corrected chi connectivity index (χ4v) is 3.44. The van der Waals surface area contributed by atoms with Crippen LogP contribution in [0, 0.1) is 5.92 Å². The summed E-state index contributed by atoms with van der Waals surface area (Å²) in [5, 5.41) is 3.28. The third-order valence-electron chi connectivity index (χ3n) is 4.63. The highest BCUT2D eigenvalue weighted by Crippen LogP contribution is 2.44. The average Bonchev–Trinajstić information content (AvgIpc) is 3.18. The van der Waals surface area contributed by atoms with Crippen LogP contribution in [0.15, 0.2) is 30.3 Å². The summed E-state index contributed by atoms with van der Waals surface area (Å²) in [7, 11) is 0. The third-order valence-corrected chi connectivity index (χ3v) is 4.63. The fraction of sp³-hybridized carbons (Fsp3) is 0.625. The summed E-state index contributed by atoms with van der Waals surface area (Å²) in [5.74, 6) is -0.764. The zero-order chi connectivity index (χ0) is 14.2. The van der Waals surface area contributed by atoms with Crippen molar-refractivity contribution in [2.75, 3.05) is 0 Å². The van der Waals surface area contributed by atoms with Gasteiger partial charge in [-0.2, -0.15) is 13.2 Å². The lowest BCUT2D eigenvalue weighted by molar-refractivity contribution is -0.189. The average molecular weight is 283 g/mol. The molecule has 4 heteroatoms. The van der Waals surface area contributed by atoms with Crippen molar-refractivity contribution in [3.8, 4) is 0 Å². The van der Waals surface area contributed by atoms with Gasteiger partial charge >= 0.3 is 6.18 Å². The first-order valence-corrected chi connectivity index (χ1v) is 7.43. The quantitative estimate of drug-likeness (QED) is 0.874. The summed E-state index contributed by atoms with van der Waals surface area (Å²) in [6, 6.07) is 9.92. The third kappa shape index (κ3) is 3.00. The molecule has 0 amide bonds. The van der Waals surface area contributed by atoms with Gasteiger partial charge in [-0.25, -0.2) is 0 Å². The van der Waals surface area contributed by atoms with E-state index < -0.39 is 12.1 Å². The molecule has 1 aromatic carbocycles. The number of rotatable bonds is 3. The largest absolute Gasteiger partial charge is 0.393 e. The topological polar surface area (TPSA) is 12.0 Å². The second-order valence-corrected chi connectivity index (χ2v) is 6.07. The molecule has 0 spiro atoms. The summed E-state index contributed by atoms with van der Waals surface area (Å²) in [6.45, 7) is 0. The zero-order valence-corrected chi connectivity index (χ0v) is 11.4. The summed E-state index contributed by atoms with van der Waals surface area (Å²) in [6.07, 6.45) is -0.547. The SMILES string of the molecule is FC(F)(F)C1CCCCC1NC1CC1c1ccccc1. The Labute approximate surface area is 117 Å². The smallest absolute Gasteiger partial charge is 0.310 e. The van der Waals surface area contributed by atoms with Crippen LogP contribution >= 0.6 is 0 Å². The molecule has 2 saturated carbocycles. The number of nitrogens with one attached hydrogen (secondary N) is 1. The maximum Gasteiger partial charge on any atom is 0.393 e. The molecule has 2 aliphatic carbocycles. The lowest BCUT2D eigenvalue weighted by Crippen LogP contribution is -2.46. The van der Waals surface area contributed by atoms with Crippen molar-refractivity contribution in [2.24, 2.45) is 5.92 Å². The number of alkyl halides is 3. The maximum absolute atomic E-state index is 13.0. The van der Waals surface area contributed by atoms with Crippen LogP contribution in [0.25, 0.3) is 0 Å². The van der Waals surface area contributed by atoms with Gasteiger partial charge in [0.1, 0.15) is 0 Å². The van der Waals surface area contributed by atoms with E-state index in [1.807, 2.05) is 18.2 Å². The normalized spacial score (nSPS) is 34.0. The Morgan fingerprint density at radius 3 is 2.35 bits per heavy atom. The first-order valence-electron chi connectivity index (χ1n) is 7.43. The molecule has 3 rings (SSSR count). The Bertz CT molecular complexity index is 443. The van der Waals surface area contributed by atoms with Crippen molar-refractivity contribution in [3.63, 3.8) is 0 Å². The van der Waals surface area contributed by atoms with E-state index in [2.05, 4.69) is 17.4 Å². The second kappa shape index (κ2) is 5.40. The monoisotopic (exact) mass is 283 g/mol. The Balaban J connectivity index is 1.61. The predicted octanol–water partition coefficient (Wildman–Crippen LogP) is 4.25. The standard InChI is InChI=1S/C16H20F3N/c17-16(18,19)13-8-4-5-9-14(13)20-15-10-12(15)11-6-2-1-3-7-11/h1-3,6-7,12-15,20H,4-5,8-10H2. The molecule has 0 aromatic heterocycles. The Kier molecular flexibility index (Phi) is 3.76. The van der Waals surface area contributed by atoms with Gasteiger partial charge in [-0.3, -0.25) is 0 Å². The van der Waals surface area contributed by atoms with Crippen molar-refractivity contribution in [1.29, 1.82) is 0 Å². The van der Waals surface area contributed by atoms with Crippen LogP contribution in [0.4, 0.5) is 13.2 Å². The molecule has 4 atom stereocenters. The van der Waals surface area contributed by atoms with Gasteiger partial charge in [0.25, 0.3) is 0 Å². The minimum Gasteiger partial charge on any atom is -0.310 e. The van der Waals surface area contributed by atoms with Gasteiger partial charge in [-0.05, 0) is 24.8 Å². The molecule has 0 aliphatic heterocycles. The maximum atomic E-state index is 13.0. The van der Waals surface area contributed by atoms with E-state index in [9.17, 15) is 13.2 Å². The van der Waals surface area contributed by atoms with Crippen molar-refractivity contribution >= 4 is 0 Å². The molecule has 110 valence electrons. The lowest BCUT2D eigenvalue weighted by Gasteiger charge is -2.34. The Morgan fingerprint density at radius 1 is 0.950 bits per heavy atom. The minimum atomic E-state index is -4.06. The van der Waals surface area contributed by atoms with Crippen molar-refractivity contribution in [3.05, 3.63) is 35.9 Å². The van der Waals surface area contributed by atoms with Crippen LogP contribution in [-0.2, 0) is 0 Å². The van der Waals surface area contributed by atoms with E-state index in [0.29, 0.717) is 18.8 Å². The second-order valence-electron chi connectivity index (χ2n) is 6.07. The van der Waals surface area contributed by atoms with Gasteiger partial charge in [-0.15, -0.1) is 0 Å². The van der Waals surface area contributed by atoms with Crippen LogP contribution in [-0.4, -0.2) is 18.3 Å². The van der Waals surface area contributed by atoms with Gasteiger partial charge in [0, 0.05) is 18.0 Å². The highest BCUT2D eigenvalue weighted by Gasteiger charge is 2.48. The van der Waals surface area contributed by atoms with Gasteiger partial charge < -0.3 is 5.32 Å². The summed E-state index contributed by atoms with van der Waals surface area (Å²) in [5.41, 5.74) is 1.24. The number of benzene rings is 1. The van der Waals surface area contributed by atoms with Crippen LogP contribution < -0.4 is 5.32 Å². The number of hydrogen-bond acceptors (Lipinski definition) is 1. The molecule has 4 unspecified atom stereocenters. The molecule has 0 bridgehead atoms. The summed E-state index contributed by atoms with van der Waals surface area (Å²) in [4.78, 5) is 0. The highest BCUT2D eigenvalue weighted by atomic mass is 19.4.